The van der Waals surface area contributed by atoms with Crippen molar-refractivity contribution in [3.8, 4) is 0 Å². The lowest BCUT2D eigenvalue weighted by Crippen LogP contribution is -2.22. The quantitative estimate of drug-likeness (QED) is 0.264. The molecule has 0 aliphatic carbocycles. The Bertz CT molecular complexity index is 618. The fourth-order valence-electron chi connectivity index (χ4n) is 2.40. The number of unbranched alkanes of at least 4 members (excludes halogenated alkanes) is 2. The van der Waals surface area contributed by atoms with Crippen LogP contribution in [-0.4, -0.2) is 60.3 Å². The maximum Gasteiger partial charge on any atom is 0.334 e. The summed E-state index contributed by atoms with van der Waals surface area (Å²) in [5.74, 6) is -3.72. The second-order valence-electron chi connectivity index (χ2n) is 6.79. The van der Waals surface area contributed by atoms with Gasteiger partial charge in [0.1, 0.15) is 6.61 Å². The molecular formula is C21H33NO6. The third-order valence-electron chi connectivity index (χ3n) is 4.18. The van der Waals surface area contributed by atoms with Crippen LogP contribution >= 0.6 is 0 Å². The van der Waals surface area contributed by atoms with Gasteiger partial charge in [-0.1, -0.05) is 45.4 Å². The van der Waals surface area contributed by atoms with E-state index in [4.69, 9.17) is 4.74 Å². The topological polar surface area (TPSA) is 104 Å². The molecule has 7 nitrogen and oxygen atoms in total. The molecule has 1 atom stereocenters. The summed E-state index contributed by atoms with van der Waals surface area (Å²) in [7, 11) is 3.68. The minimum atomic E-state index is -1.11. The van der Waals surface area contributed by atoms with Gasteiger partial charge < -0.3 is 19.8 Å². The maximum atomic E-state index is 12.3. The summed E-state index contributed by atoms with van der Waals surface area (Å²) in [5, 5.41) is 18.8. The molecule has 28 heavy (non-hydrogen) atoms. The van der Waals surface area contributed by atoms with Crippen molar-refractivity contribution in [1.82, 2.24) is 4.90 Å². The molecule has 1 unspecified atom stereocenters. The van der Waals surface area contributed by atoms with E-state index in [1.807, 2.05) is 25.9 Å². The van der Waals surface area contributed by atoms with E-state index in [0.717, 1.165) is 12.8 Å². The highest BCUT2D eigenvalue weighted by Gasteiger charge is 2.21. The number of hydrogen-bond acceptors (Lipinski definition) is 5. The molecule has 0 radical (unpaired) electrons. The smallest absolute Gasteiger partial charge is 0.334 e. The summed E-state index contributed by atoms with van der Waals surface area (Å²) in [6, 6.07) is 0. The highest BCUT2D eigenvalue weighted by Crippen LogP contribution is 2.22. The first-order valence-corrected chi connectivity index (χ1v) is 9.52. The lowest BCUT2D eigenvalue weighted by atomic mass is 9.92. The summed E-state index contributed by atoms with van der Waals surface area (Å²) < 4.78 is 5.18. The highest BCUT2D eigenvalue weighted by atomic mass is 16.5. The third-order valence-corrected chi connectivity index (χ3v) is 4.18. The normalized spacial score (nSPS) is 13.3. The molecule has 7 heteroatoms. The van der Waals surface area contributed by atoms with Gasteiger partial charge in [0, 0.05) is 29.2 Å². The van der Waals surface area contributed by atoms with Crippen LogP contribution < -0.4 is 0 Å². The van der Waals surface area contributed by atoms with Gasteiger partial charge in [-0.15, -0.1) is 0 Å². The van der Waals surface area contributed by atoms with Crippen LogP contribution in [0.15, 0.2) is 35.5 Å². The summed E-state index contributed by atoms with van der Waals surface area (Å²) in [5.41, 5.74) is 0.236. The monoisotopic (exact) mass is 395 g/mol. The van der Waals surface area contributed by atoms with Crippen molar-refractivity contribution in [3.63, 3.8) is 0 Å². The van der Waals surface area contributed by atoms with Crippen molar-refractivity contribution < 1.29 is 29.3 Å². The Hall–Kier alpha value is -2.41. The predicted molar refractivity (Wildman–Crippen MR) is 108 cm³/mol. The van der Waals surface area contributed by atoms with Gasteiger partial charge >= 0.3 is 17.9 Å². The number of carboxylic acids is 2. The Labute approximate surface area is 167 Å². The number of carbonyl (C=O) groups excluding carboxylic acids is 1. The van der Waals surface area contributed by atoms with Gasteiger partial charge in [0.15, 0.2) is 0 Å². The van der Waals surface area contributed by atoms with Gasteiger partial charge in [0.25, 0.3) is 0 Å². The number of rotatable bonds is 14. The molecule has 0 aromatic heterocycles. The lowest BCUT2D eigenvalue weighted by molar-refractivity contribution is -0.140. The fraction of sp³-hybridized carbons (Fsp3) is 0.571. The van der Waals surface area contributed by atoms with Crippen LogP contribution in [0.5, 0.6) is 0 Å². The van der Waals surface area contributed by atoms with Crippen molar-refractivity contribution in [2.24, 2.45) is 5.92 Å². The standard InChI is InChI=1S/C21H33NO6/c1-6-8-9-10-17(20(25)26)14-18(13-16(7-2)19(23)24)15(3)21(27)28-12-11-22(4)5/h13-14,18H,3,6-12H2,1-2,4-5H3,(H,23,24)(H,25,26). The first-order chi connectivity index (χ1) is 13.1. The zero-order valence-corrected chi connectivity index (χ0v) is 17.4. The molecule has 0 saturated carbocycles. The van der Waals surface area contributed by atoms with E-state index in [0.29, 0.717) is 19.4 Å². The molecule has 0 amide bonds. The number of ether oxygens (including phenoxy) is 1. The second-order valence-corrected chi connectivity index (χ2v) is 6.79. The van der Waals surface area contributed by atoms with E-state index in [1.165, 1.54) is 12.2 Å². The number of carbonyl (C=O) groups is 3. The van der Waals surface area contributed by atoms with E-state index in [-0.39, 0.29) is 29.7 Å². The van der Waals surface area contributed by atoms with Crippen molar-refractivity contribution in [3.05, 3.63) is 35.5 Å². The van der Waals surface area contributed by atoms with E-state index in [2.05, 4.69) is 6.58 Å². The number of esters is 1. The van der Waals surface area contributed by atoms with Crippen molar-refractivity contribution >= 4 is 17.9 Å². The predicted octanol–water partition coefficient (Wildman–Crippen LogP) is 3.28. The Morgan fingerprint density at radius 3 is 2.07 bits per heavy atom. The SMILES string of the molecule is C=C(C(=O)OCCN(C)C)C(C=C(CC)C(=O)O)C=C(CCCCC)C(=O)O. The molecule has 0 aliphatic rings. The molecule has 0 fully saturated rings. The van der Waals surface area contributed by atoms with E-state index < -0.39 is 23.8 Å². The van der Waals surface area contributed by atoms with Crippen LogP contribution in [0.4, 0.5) is 0 Å². The maximum absolute atomic E-state index is 12.3. The van der Waals surface area contributed by atoms with Crippen molar-refractivity contribution in [2.45, 2.75) is 46.0 Å². The van der Waals surface area contributed by atoms with Gasteiger partial charge in [0.05, 0.1) is 0 Å². The zero-order chi connectivity index (χ0) is 21.7. The summed E-state index contributed by atoms with van der Waals surface area (Å²) in [6.45, 7) is 8.13. The molecule has 0 aromatic rings. The average Bonchev–Trinajstić information content (AvgIpc) is 2.62. The van der Waals surface area contributed by atoms with Crippen LogP contribution in [-0.2, 0) is 19.1 Å². The number of likely N-dealkylation sites (N-methyl/N-ethyl adjacent to an activating group) is 1. The van der Waals surface area contributed by atoms with Gasteiger partial charge in [-0.25, -0.2) is 14.4 Å². The second kappa shape index (κ2) is 13.7. The van der Waals surface area contributed by atoms with E-state index >= 15 is 0 Å². The van der Waals surface area contributed by atoms with E-state index in [9.17, 15) is 24.6 Å². The minimum Gasteiger partial charge on any atom is -0.478 e. The summed E-state index contributed by atoms with van der Waals surface area (Å²) in [4.78, 5) is 37.2. The van der Waals surface area contributed by atoms with Crippen LogP contribution in [0.2, 0.25) is 0 Å². The van der Waals surface area contributed by atoms with Crippen LogP contribution in [0, 0.1) is 5.92 Å². The number of hydrogen-bond donors (Lipinski definition) is 2. The number of aliphatic carboxylic acids is 2. The molecular weight excluding hydrogens is 362 g/mol. The van der Waals surface area contributed by atoms with Crippen molar-refractivity contribution in [2.75, 3.05) is 27.2 Å². The number of carboxylic acid groups (broad SMARTS) is 2. The molecule has 0 spiro atoms. The van der Waals surface area contributed by atoms with Gasteiger partial charge in [-0.2, -0.15) is 0 Å². The van der Waals surface area contributed by atoms with E-state index in [1.54, 1.807) is 6.92 Å². The van der Waals surface area contributed by atoms with Crippen LogP contribution in [0.3, 0.4) is 0 Å². The number of allylic oxidation sites excluding steroid dienone is 2. The first-order valence-electron chi connectivity index (χ1n) is 9.52. The van der Waals surface area contributed by atoms with Crippen molar-refractivity contribution in [1.29, 1.82) is 0 Å². The molecule has 0 saturated heterocycles. The van der Waals surface area contributed by atoms with Crippen LogP contribution in [0.25, 0.3) is 0 Å². The summed E-state index contributed by atoms with van der Waals surface area (Å²) >= 11 is 0. The van der Waals surface area contributed by atoms with Crippen LogP contribution in [0.1, 0.15) is 46.0 Å². The molecule has 0 heterocycles. The Morgan fingerprint density at radius 1 is 1.04 bits per heavy atom. The average molecular weight is 395 g/mol. The molecule has 0 rings (SSSR count). The first kappa shape index (κ1) is 25.6. The Balaban J connectivity index is 5.69. The molecule has 0 bridgehead atoms. The molecule has 2 N–H and O–H groups in total. The Kier molecular flexibility index (Phi) is 12.5. The fourth-order valence-corrected chi connectivity index (χ4v) is 2.40. The molecule has 0 aromatic carbocycles. The highest BCUT2D eigenvalue weighted by molar-refractivity contribution is 5.92. The number of nitrogens with zero attached hydrogens (tertiary/aromatic N) is 1. The van der Waals surface area contributed by atoms with Gasteiger partial charge in [-0.3, -0.25) is 0 Å². The zero-order valence-electron chi connectivity index (χ0n) is 17.4. The van der Waals surface area contributed by atoms with Gasteiger partial charge in [0.2, 0.25) is 0 Å². The third kappa shape index (κ3) is 10.1. The minimum absolute atomic E-state index is 0.0141. The lowest BCUT2D eigenvalue weighted by Gasteiger charge is -2.16. The van der Waals surface area contributed by atoms with Gasteiger partial charge in [-0.05, 0) is 33.4 Å². The summed E-state index contributed by atoms with van der Waals surface area (Å²) in [6.07, 6.45) is 5.89. The molecule has 158 valence electrons. The largest absolute Gasteiger partial charge is 0.478 e. The molecule has 0 aliphatic heterocycles. The Morgan fingerprint density at radius 2 is 1.61 bits per heavy atom.